The summed E-state index contributed by atoms with van der Waals surface area (Å²) >= 11 is 2.69. The first-order valence-corrected chi connectivity index (χ1v) is 9.60. The minimum Gasteiger partial charge on any atom is -0.504 e. The van der Waals surface area contributed by atoms with E-state index < -0.39 is 23.7 Å². The number of phenols is 1. The van der Waals surface area contributed by atoms with Gasteiger partial charge in [-0.3, -0.25) is 19.3 Å². The zero-order valence-corrected chi connectivity index (χ0v) is 17.4. The molecular formula is C17H18INO6S. The van der Waals surface area contributed by atoms with Gasteiger partial charge in [-0.2, -0.15) is 0 Å². The van der Waals surface area contributed by atoms with Crippen molar-refractivity contribution in [3.63, 3.8) is 0 Å². The molecule has 0 aliphatic carbocycles. The largest absolute Gasteiger partial charge is 0.504 e. The molecule has 1 saturated heterocycles. The molecule has 1 N–H and O–H groups in total. The van der Waals surface area contributed by atoms with Crippen LogP contribution in [0, 0.1) is 9.49 Å². The highest BCUT2D eigenvalue weighted by molar-refractivity contribution is 14.1. The van der Waals surface area contributed by atoms with Crippen LogP contribution in [0.25, 0.3) is 6.08 Å². The lowest BCUT2D eigenvalue weighted by molar-refractivity contribution is -0.147. The van der Waals surface area contributed by atoms with E-state index in [2.05, 4.69) is 0 Å². The Labute approximate surface area is 168 Å². The molecule has 0 saturated carbocycles. The molecule has 0 unspecified atom stereocenters. The topological polar surface area (TPSA) is 93.1 Å². The summed E-state index contributed by atoms with van der Waals surface area (Å²) < 4.78 is 10.6. The summed E-state index contributed by atoms with van der Waals surface area (Å²) in [6.45, 7) is 3.61. The van der Waals surface area contributed by atoms with E-state index in [4.69, 9.17) is 9.47 Å². The first kappa shape index (κ1) is 20.6. The van der Waals surface area contributed by atoms with Gasteiger partial charge < -0.3 is 14.6 Å². The predicted molar refractivity (Wildman–Crippen MR) is 106 cm³/mol. The molecule has 2 amide bonds. The summed E-state index contributed by atoms with van der Waals surface area (Å²) in [6.07, 6.45) is 1.52. The Kier molecular flexibility index (Phi) is 6.93. The van der Waals surface area contributed by atoms with Crippen molar-refractivity contribution in [1.82, 2.24) is 4.90 Å². The van der Waals surface area contributed by atoms with Gasteiger partial charge >= 0.3 is 5.97 Å². The van der Waals surface area contributed by atoms with Crippen molar-refractivity contribution in [3.05, 3.63) is 26.2 Å². The van der Waals surface area contributed by atoms with Crippen LogP contribution in [0.15, 0.2) is 17.0 Å². The Balaban J connectivity index is 2.16. The molecule has 1 aliphatic heterocycles. The Morgan fingerprint density at radius 2 is 2.08 bits per heavy atom. The number of imide groups is 1. The maximum absolute atomic E-state index is 12.4. The van der Waals surface area contributed by atoms with Crippen molar-refractivity contribution in [2.45, 2.75) is 13.8 Å². The first-order chi connectivity index (χ1) is 12.2. The predicted octanol–water partition coefficient (Wildman–Crippen LogP) is 3.24. The number of hydrogen-bond acceptors (Lipinski definition) is 7. The fourth-order valence-corrected chi connectivity index (χ4v) is 3.52. The number of benzene rings is 1. The molecule has 1 aliphatic rings. The second-order valence-corrected chi connectivity index (χ2v) is 8.05. The highest BCUT2D eigenvalue weighted by Crippen LogP contribution is 2.36. The molecule has 1 fully saturated rings. The van der Waals surface area contributed by atoms with Crippen LogP contribution in [0.3, 0.4) is 0 Å². The van der Waals surface area contributed by atoms with E-state index in [0.29, 0.717) is 9.13 Å². The van der Waals surface area contributed by atoms with E-state index in [0.717, 1.165) is 16.7 Å². The first-order valence-electron chi connectivity index (χ1n) is 7.70. The number of ether oxygens (including phenoxy) is 2. The minimum absolute atomic E-state index is 0.00579. The van der Waals surface area contributed by atoms with E-state index in [1.165, 1.54) is 13.2 Å². The molecule has 0 atom stereocenters. The van der Waals surface area contributed by atoms with Gasteiger partial charge in [-0.25, -0.2) is 0 Å². The van der Waals surface area contributed by atoms with Gasteiger partial charge in [-0.1, -0.05) is 13.8 Å². The van der Waals surface area contributed by atoms with E-state index in [1.807, 2.05) is 36.4 Å². The van der Waals surface area contributed by atoms with Gasteiger partial charge in [0.2, 0.25) is 0 Å². The van der Waals surface area contributed by atoms with Crippen molar-refractivity contribution >= 4 is 57.5 Å². The second kappa shape index (κ2) is 8.76. The van der Waals surface area contributed by atoms with Crippen molar-refractivity contribution in [2.24, 2.45) is 5.92 Å². The van der Waals surface area contributed by atoms with E-state index in [-0.39, 0.29) is 28.9 Å². The van der Waals surface area contributed by atoms with Gasteiger partial charge in [-0.05, 0) is 64.0 Å². The van der Waals surface area contributed by atoms with Gasteiger partial charge in [-0.15, -0.1) is 0 Å². The van der Waals surface area contributed by atoms with E-state index in [1.54, 1.807) is 12.1 Å². The Morgan fingerprint density at radius 1 is 1.38 bits per heavy atom. The van der Waals surface area contributed by atoms with E-state index in [9.17, 15) is 19.5 Å². The number of carbonyl (C=O) groups is 3. The summed E-state index contributed by atoms with van der Waals surface area (Å²) in [4.78, 5) is 37.3. The lowest BCUT2D eigenvalue weighted by atomic mass is 10.2. The number of nitrogens with zero attached hydrogens (tertiary/aromatic N) is 1. The molecule has 0 spiro atoms. The molecule has 9 heteroatoms. The maximum Gasteiger partial charge on any atom is 0.326 e. The standard InChI is InChI=1S/C17H18INO6S/c1-9(2)8-25-14(20)7-19-16(22)13(26-17(19)23)6-10-4-11(18)15(21)12(5-10)24-3/h4-6,9,21H,7-8H2,1-3H3/b13-6+. The number of methoxy groups -OCH3 is 1. The number of phenolic OH excluding ortho intramolecular Hbond substituents is 1. The summed E-state index contributed by atoms with van der Waals surface area (Å²) in [5.74, 6) is -0.738. The molecule has 26 heavy (non-hydrogen) atoms. The molecule has 1 aromatic rings. The fraction of sp³-hybridized carbons (Fsp3) is 0.353. The summed E-state index contributed by atoms with van der Waals surface area (Å²) in [5, 5.41) is 9.34. The number of hydrogen-bond donors (Lipinski definition) is 1. The zero-order chi connectivity index (χ0) is 19.4. The fourth-order valence-electron chi connectivity index (χ4n) is 2.05. The number of rotatable bonds is 6. The lowest BCUT2D eigenvalue weighted by Crippen LogP contribution is -2.34. The van der Waals surface area contributed by atoms with Gasteiger partial charge in [0, 0.05) is 0 Å². The number of halogens is 1. The van der Waals surface area contributed by atoms with Crippen LogP contribution in [0.4, 0.5) is 4.79 Å². The molecular weight excluding hydrogens is 473 g/mol. The summed E-state index contributed by atoms with van der Waals surface area (Å²) in [7, 11) is 1.42. The van der Waals surface area contributed by atoms with Gasteiger partial charge in [0.15, 0.2) is 11.5 Å². The molecule has 1 heterocycles. The number of carbonyl (C=O) groups excluding carboxylic acids is 3. The Hall–Kier alpha value is -1.75. The number of thioether (sulfide) groups is 1. The summed E-state index contributed by atoms with van der Waals surface area (Å²) in [5.41, 5.74) is 0.594. The van der Waals surface area contributed by atoms with Crippen LogP contribution < -0.4 is 4.74 Å². The monoisotopic (exact) mass is 491 g/mol. The van der Waals surface area contributed by atoms with Crippen molar-refractivity contribution < 1.29 is 29.0 Å². The van der Waals surface area contributed by atoms with E-state index >= 15 is 0 Å². The third kappa shape index (κ3) is 4.91. The molecule has 7 nitrogen and oxygen atoms in total. The minimum atomic E-state index is -0.622. The second-order valence-electron chi connectivity index (χ2n) is 5.90. The van der Waals surface area contributed by atoms with Crippen molar-refractivity contribution in [2.75, 3.05) is 20.3 Å². The van der Waals surface area contributed by atoms with Gasteiger partial charge in [0.05, 0.1) is 22.2 Å². The molecule has 0 aromatic heterocycles. The number of amides is 2. The van der Waals surface area contributed by atoms with Gasteiger partial charge in [0.1, 0.15) is 6.54 Å². The quantitative estimate of drug-likeness (QED) is 0.371. The number of aromatic hydroxyl groups is 1. The van der Waals surface area contributed by atoms with Crippen LogP contribution >= 0.6 is 34.4 Å². The summed E-state index contributed by atoms with van der Waals surface area (Å²) in [6, 6.07) is 3.21. The zero-order valence-electron chi connectivity index (χ0n) is 14.4. The smallest absolute Gasteiger partial charge is 0.326 e. The third-order valence-corrected chi connectivity index (χ3v) is 5.04. The molecule has 2 rings (SSSR count). The van der Waals surface area contributed by atoms with Crippen LogP contribution in [0.5, 0.6) is 11.5 Å². The van der Waals surface area contributed by atoms with Gasteiger partial charge in [0.25, 0.3) is 11.1 Å². The maximum atomic E-state index is 12.4. The van der Waals surface area contributed by atoms with Crippen molar-refractivity contribution in [3.8, 4) is 11.5 Å². The highest BCUT2D eigenvalue weighted by Gasteiger charge is 2.36. The molecule has 140 valence electrons. The average Bonchev–Trinajstić information content (AvgIpc) is 2.83. The Bertz CT molecular complexity index is 777. The lowest BCUT2D eigenvalue weighted by Gasteiger charge is -2.12. The van der Waals surface area contributed by atoms with Crippen LogP contribution in [-0.4, -0.2) is 47.4 Å². The molecule has 1 aromatic carbocycles. The normalized spacial score (nSPS) is 15.9. The molecule has 0 bridgehead atoms. The van der Waals surface area contributed by atoms with Crippen LogP contribution in [0.2, 0.25) is 0 Å². The SMILES string of the molecule is COc1cc(/C=C2/SC(=O)N(CC(=O)OCC(C)C)C2=O)cc(I)c1O. The third-order valence-electron chi connectivity index (χ3n) is 3.31. The van der Waals surface area contributed by atoms with Crippen LogP contribution in [0.1, 0.15) is 19.4 Å². The van der Waals surface area contributed by atoms with Crippen LogP contribution in [-0.2, 0) is 14.3 Å². The van der Waals surface area contributed by atoms with Crippen molar-refractivity contribution in [1.29, 1.82) is 0 Å². The molecule has 0 radical (unpaired) electrons. The Morgan fingerprint density at radius 3 is 2.69 bits per heavy atom. The number of esters is 1. The average molecular weight is 491 g/mol. The highest BCUT2D eigenvalue weighted by atomic mass is 127.